The van der Waals surface area contributed by atoms with Gasteiger partial charge in [-0.05, 0) is 12.0 Å². The third-order valence-corrected chi connectivity index (χ3v) is 4.32. The summed E-state index contributed by atoms with van der Waals surface area (Å²) in [7, 11) is 1.33. The molecule has 1 amide bonds. The van der Waals surface area contributed by atoms with Crippen LogP contribution in [0.1, 0.15) is 18.4 Å². The number of aromatic amines is 1. The molecule has 2 rings (SSSR count). The summed E-state index contributed by atoms with van der Waals surface area (Å²) in [6.45, 7) is 0.783. The second kappa shape index (κ2) is 9.67. The number of methoxy groups -OCH3 is 1. The lowest BCUT2D eigenvalue weighted by atomic mass is 10.2. The standard InChI is InChI=1S/C16H20N4O4S/c1-24-14(22)8-5-9-17-13(21)11-25-16-19-18-15(23)20(16)10-12-6-3-2-4-7-12/h2-4,6-7H,5,8-11H2,1H3,(H,17,21)(H,18,23). The van der Waals surface area contributed by atoms with E-state index in [1.54, 1.807) is 0 Å². The summed E-state index contributed by atoms with van der Waals surface area (Å²) in [5.74, 6) is -0.348. The zero-order valence-corrected chi connectivity index (χ0v) is 14.7. The molecule has 0 aliphatic carbocycles. The Morgan fingerprint density at radius 2 is 2.08 bits per heavy atom. The number of H-pyrrole nitrogens is 1. The molecular weight excluding hydrogens is 344 g/mol. The van der Waals surface area contributed by atoms with Crippen LogP contribution < -0.4 is 11.0 Å². The van der Waals surface area contributed by atoms with Crippen molar-refractivity contribution in [2.24, 2.45) is 0 Å². The highest BCUT2D eigenvalue weighted by atomic mass is 32.2. The molecule has 134 valence electrons. The van der Waals surface area contributed by atoms with Crippen LogP contribution >= 0.6 is 11.8 Å². The van der Waals surface area contributed by atoms with E-state index in [2.05, 4.69) is 20.3 Å². The first kappa shape index (κ1) is 18.8. The lowest BCUT2D eigenvalue weighted by Gasteiger charge is -2.06. The molecule has 0 bridgehead atoms. The molecule has 0 atom stereocenters. The first-order valence-corrected chi connectivity index (χ1v) is 8.74. The van der Waals surface area contributed by atoms with Crippen molar-refractivity contribution < 1.29 is 14.3 Å². The summed E-state index contributed by atoms with van der Waals surface area (Å²) in [5.41, 5.74) is 0.657. The van der Waals surface area contributed by atoms with Gasteiger partial charge >= 0.3 is 11.7 Å². The number of nitrogens with zero attached hydrogens (tertiary/aromatic N) is 2. The van der Waals surface area contributed by atoms with Crippen molar-refractivity contribution in [2.45, 2.75) is 24.5 Å². The summed E-state index contributed by atoms with van der Waals surface area (Å²) >= 11 is 1.18. The maximum Gasteiger partial charge on any atom is 0.344 e. The van der Waals surface area contributed by atoms with E-state index < -0.39 is 0 Å². The van der Waals surface area contributed by atoms with Crippen LogP contribution in [0, 0.1) is 0 Å². The van der Waals surface area contributed by atoms with Crippen LogP contribution in [0.25, 0.3) is 0 Å². The molecule has 1 aromatic carbocycles. The van der Waals surface area contributed by atoms with Gasteiger partial charge in [0.15, 0.2) is 5.16 Å². The van der Waals surface area contributed by atoms with Gasteiger partial charge in [-0.2, -0.15) is 0 Å². The highest BCUT2D eigenvalue weighted by Crippen LogP contribution is 2.14. The highest BCUT2D eigenvalue weighted by molar-refractivity contribution is 7.99. The number of ether oxygens (including phenoxy) is 1. The molecule has 0 radical (unpaired) electrons. The summed E-state index contributed by atoms with van der Waals surface area (Å²) in [5, 5.41) is 9.54. The van der Waals surface area contributed by atoms with Crippen molar-refractivity contribution in [1.82, 2.24) is 20.1 Å². The van der Waals surface area contributed by atoms with E-state index >= 15 is 0 Å². The fraction of sp³-hybridized carbons (Fsp3) is 0.375. The number of carbonyl (C=O) groups is 2. The van der Waals surface area contributed by atoms with E-state index in [9.17, 15) is 14.4 Å². The van der Waals surface area contributed by atoms with Crippen molar-refractivity contribution in [3.05, 3.63) is 46.4 Å². The first-order valence-electron chi connectivity index (χ1n) is 7.75. The maximum absolute atomic E-state index is 11.9. The van der Waals surface area contributed by atoms with Gasteiger partial charge in [-0.25, -0.2) is 9.89 Å². The minimum Gasteiger partial charge on any atom is -0.469 e. The molecule has 0 unspecified atom stereocenters. The second-order valence-electron chi connectivity index (χ2n) is 5.20. The normalized spacial score (nSPS) is 10.4. The third kappa shape index (κ3) is 6.11. The molecule has 1 heterocycles. The smallest absolute Gasteiger partial charge is 0.344 e. The molecule has 0 aliphatic heterocycles. The number of aromatic nitrogens is 3. The lowest BCUT2D eigenvalue weighted by Crippen LogP contribution is -2.27. The van der Waals surface area contributed by atoms with Crippen LogP contribution in [-0.4, -0.2) is 46.0 Å². The predicted molar refractivity (Wildman–Crippen MR) is 93.4 cm³/mol. The van der Waals surface area contributed by atoms with Gasteiger partial charge in [0.05, 0.1) is 19.4 Å². The average Bonchev–Trinajstić information content (AvgIpc) is 2.97. The van der Waals surface area contributed by atoms with E-state index in [0.717, 1.165) is 5.56 Å². The van der Waals surface area contributed by atoms with E-state index in [0.29, 0.717) is 24.7 Å². The molecule has 9 heteroatoms. The number of nitrogens with one attached hydrogen (secondary N) is 2. The van der Waals surface area contributed by atoms with Gasteiger partial charge < -0.3 is 10.1 Å². The largest absolute Gasteiger partial charge is 0.469 e. The Kier molecular flexibility index (Phi) is 7.27. The van der Waals surface area contributed by atoms with Gasteiger partial charge in [0.25, 0.3) is 0 Å². The van der Waals surface area contributed by atoms with Gasteiger partial charge in [0.2, 0.25) is 5.91 Å². The van der Waals surface area contributed by atoms with Crippen LogP contribution in [0.5, 0.6) is 0 Å². The number of hydrogen-bond acceptors (Lipinski definition) is 6. The van der Waals surface area contributed by atoms with Crippen molar-refractivity contribution in [3.8, 4) is 0 Å². The SMILES string of the molecule is COC(=O)CCCNC(=O)CSc1n[nH]c(=O)n1Cc1ccccc1. The van der Waals surface area contributed by atoms with Crippen LogP contribution in [0.2, 0.25) is 0 Å². The Labute approximate surface area is 149 Å². The molecule has 1 aromatic heterocycles. The van der Waals surface area contributed by atoms with E-state index in [-0.39, 0.29) is 29.7 Å². The van der Waals surface area contributed by atoms with Gasteiger partial charge in [0.1, 0.15) is 0 Å². The number of rotatable bonds is 9. The Balaban J connectivity index is 1.82. The summed E-state index contributed by atoms with van der Waals surface area (Å²) < 4.78 is 6.02. The van der Waals surface area contributed by atoms with Crippen molar-refractivity contribution in [3.63, 3.8) is 0 Å². The fourth-order valence-electron chi connectivity index (χ4n) is 2.06. The molecule has 25 heavy (non-hydrogen) atoms. The van der Waals surface area contributed by atoms with E-state index in [1.807, 2.05) is 30.3 Å². The molecule has 2 aromatic rings. The fourth-order valence-corrected chi connectivity index (χ4v) is 2.84. The van der Waals surface area contributed by atoms with Crippen LogP contribution in [0.15, 0.2) is 40.3 Å². The Morgan fingerprint density at radius 1 is 1.32 bits per heavy atom. The van der Waals surface area contributed by atoms with Crippen molar-refractivity contribution >= 4 is 23.6 Å². The summed E-state index contributed by atoms with van der Waals surface area (Å²) in [6.07, 6.45) is 0.782. The quantitative estimate of drug-likeness (QED) is 0.387. The number of amides is 1. The Morgan fingerprint density at radius 3 is 2.80 bits per heavy atom. The van der Waals surface area contributed by atoms with Crippen LogP contribution in [-0.2, 0) is 20.9 Å². The number of benzene rings is 1. The lowest BCUT2D eigenvalue weighted by molar-refractivity contribution is -0.140. The topological polar surface area (TPSA) is 106 Å². The Bertz CT molecular complexity index is 757. The molecule has 2 N–H and O–H groups in total. The highest BCUT2D eigenvalue weighted by Gasteiger charge is 2.12. The third-order valence-electron chi connectivity index (χ3n) is 3.35. The minimum absolute atomic E-state index is 0.136. The van der Waals surface area contributed by atoms with Gasteiger partial charge in [-0.15, -0.1) is 5.10 Å². The van der Waals surface area contributed by atoms with Gasteiger partial charge in [0, 0.05) is 13.0 Å². The molecule has 0 spiro atoms. The number of thioether (sulfide) groups is 1. The van der Waals surface area contributed by atoms with E-state index in [1.165, 1.54) is 23.4 Å². The number of esters is 1. The van der Waals surface area contributed by atoms with Gasteiger partial charge in [-0.1, -0.05) is 42.1 Å². The van der Waals surface area contributed by atoms with Crippen LogP contribution in [0.3, 0.4) is 0 Å². The number of carbonyl (C=O) groups excluding carboxylic acids is 2. The zero-order chi connectivity index (χ0) is 18.1. The monoisotopic (exact) mass is 364 g/mol. The average molecular weight is 364 g/mol. The minimum atomic E-state index is -0.315. The predicted octanol–water partition coefficient (Wildman–Crippen LogP) is 0.781. The van der Waals surface area contributed by atoms with E-state index in [4.69, 9.17) is 0 Å². The van der Waals surface area contributed by atoms with Crippen LogP contribution in [0.4, 0.5) is 0 Å². The van der Waals surface area contributed by atoms with Crippen molar-refractivity contribution in [1.29, 1.82) is 0 Å². The first-order chi connectivity index (χ1) is 12.1. The maximum atomic E-state index is 11.9. The molecule has 0 fully saturated rings. The second-order valence-corrected chi connectivity index (χ2v) is 6.14. The van der Waals surface area contributed by atoms with Crippen molar-refractivity contribution in [2.75, 3.05) is 19.4 Å². The molecule has 0 saturated heterocycles. The van der Waals surface area contributed by atoms with Gasteiger partial charge in [-0.3, -0.25) is 14.2 Å². The molecular formula is C16H20N4O4S. The summed E-state index contributed by atoms with van der Waals surface area (Å²) in [4.78, 5) is 34.7. The summed E-state index contributed by atoms with van der Waals surface area (Å²) in [6, 6.07) is 9.54. The number of hydrogen-bond donors (Lipinski definition) is 2. The Hall–Kier alpha value is -2.55. The molecule has 0 aliphatic rings. The molecule has 8 nitrogen and oxygen atoms in total. The zero-order valence-electron chi connectivity index (χ0n) is 13.9. The molecule has 0 saturated carbocycles.